The zero-order chi connectivity index (χ0) is 14.3. The van der Waals surface area contributed by atoms with E-state index >= 15 is 0 Å². The summed E-state index contributed by atoms with van der Waals surface area (Å²) in [5.74, 6) is -0.244. The van der Waals surface area contributed by atoms with Crippen LogP contribution in [0.4, 0.5) is 15.8 Å². The zero-order valence-corrected chi connectivity index (χ0v) is 12.1. The molecule has 3 rings (SSSR count). The summed E-state index contributed by atoms with van der Waals surface area (Å²) in [6.45, 7) is 0.783. The van der Waals surface area contributed by atoms with E-state index in [-0.39, 0.29) is 5.82 Å². The van der Waals surface area contributed by atoms with Crippen molar-refractivity contribution in [2.24, 2.45) is 5.73 Å². The van der Waals surface area contributed by atoms with Gasteiger partial charge in [0.05, 0.1) is 10.7 Å². The summed E-state index contributed by atoms with van der Waals surface area (Å²) in [7, 11) is 0. The summed E-state index contributed by atoms with van der Waals surface area (Å²) in [6.07, 6.45) is 0.878. The summed E-state index contributed by atoms with van der Waals surface area (Å²) in [5, 5.41) is 0.562. The predicted octanol–water partition coefficient (Wildman–Crippen LogP) is 3.81. The highest BCUT2D eigenvalue weighted by Crippen LogP contribution is 2.38. The third-order valence-electron chi connectivity index (χ3n) is 3.47. The molecule has 2 N–H and O–H groups in total. The Morgan fingerprint density at radius 1 is 1.20 bits per heavy atom. The largest absolute Gasteiger partial charge is 0.389 e. The van der Waals surface area contributed by atoms with Gasteiger partial charge in [0.15, 0.2) is 0 Å². The number of fused-ring (bicyclic) bond motifs is 1. The number of thiocarbonyl (C=S) groups is 1. The van der Waals surface area contributed by atoms with Gasteiger partial charge in [0, 0.05) is 17.8 Å². The van der Waals surface area contributed by atoms with Crippen LogP contribution in [0, 0.1) is 5.82 Å². The van der Waals surface area contributed by atoms with Crippen molar-refractivity contribution < 1.29 is 4.39 Å². The molecule has 0 atom stereocenters. The van der Waals surface area contributed by atoms with Crippen LogP contribution in [0.15, 0.2) is 36.4 Å². The van der Waals surface area contributed by atoms with Crippen LogP contribution in [0.1, 0.15) is 11.1 Å². The second-order valence-corrected chi connectivity index (χ2v) is 5.55. The molecule has 0 unspecified atom stereocenters. The molecule has 0 bridgehead atoms. The van der Waals surface area contributed by atoms with Gasteiger partial charge in [-0.2, -0.15) is 0 Å². The molecule has 20 heavy (non-hydrogen) atoms. The van der Waals surface area contributed by atoms with Gasteiger partial charge in [-0.25, -0.2) is 4.39 Å². The fourth-order valence-electron chi connectivity index (χ4n) is 2.48. The zero-order valence-electron chi connectivity index (χ0n) is 10.6. The Morgan fingerprint density at radius 3 is 2.70 bits per heavy atom. The van der Waals surface area contributed by atoms with E-state index < -0.39 is 0 Å². The summed E-state index contributed by atoms with van der Waals surface area (Å²) < 4.78 is 13.4. The number of halogens is 2. The van der Waals surface area contributed by atoms with E-state index in [9.17, 15) is 4.39 Å². The van der Waals surface area contributed by atoms with Crippen molar-refractivity contribution in [1.29, 1.82) is 0 Å². The standard InChI is InChI=1S/C15H12ClFN2S/c16-12-7-10(15(18)20)2-4-13(12)19-6-5-9-1-3-11(17)8-14(9)19/h1-4,7-8H,5-6H2,(H2,18,20). The SMILES string of the molecule is NC(=S)c1ccc(N2CCc3ccc(F)cc32)c(Cl)c1. The van der Waals surface area contributed by atoms with Crippen LogP contribution in [0.5, 0.6) is 0 Å². The van der Waals surface area contributed by atoms with Gasteiger partial charge in [-0.3, -0.25) is 0 Å². The second kappa shape index (κ2) is 5.04. The fraction of sp³-hybridized carbons (Fsp3) is 0.133. The molecule has 2 aromatic rings. The number of nitrogens with two attached hydrogens (primary N) is 1. The van der Waals surface area contributed by atoms with Gasteiger partial charge in [-0.15, -0.1) is 0 Å². The lowest BCUT2D eigenvalue weighted by Gasteiger charge is -2.21. The van der Waals surface area contributed by atoms with Crippen LogP contribution >= 0.6 is 23.8 Å². The Bertz CT molecular complexity index is 702. The minimum absolute atomic E-state index is 0.244. The number of nitrogens with zero attached hydrogens (tertiary/aromatic N) is 1. The smallest absolute Gasteiger partial charge is 0.125 e. The van der Waals surface area contributed by atoms with E-state index in [1.165, 1.54) is 6.07 Å². The number of hydrogen-bond donors (Lipinski definition) is 1. The topological polar surface area (TPSA) is 29.3 Å². The van der Waals surface area contributed by atoms with Crippen molar-refractivity contribution >= 4 is 40.2 Å². The van der Waals surface area contributed by atoms with Gasteiger partial charge >= 0.3 is 0 Å². The summed E-state index contributed by atoms with van der Waals surface area (Å²) >= 11 is 11.2. The molecule has 5 heteroatoms. The van der Waals surface area contributed by atoms with E-state index in [2.05, 4.69) is 0 Å². The van der Waals surface area contributed by atoms with Crippen molar-refractivity contribution in [1.82, 2.24) is 0 Å². The van der Waals surface area contributed by atoms with Crippen molar-refractivity contribution in [2.75, 3.05) is 11.4 Å². The van der Waals surface area contributed by atoms with Crippen LogP contribution in [0.3, 0.4) is 0 Å². The lowest BCUT2D eigenvalue weighted by Crippen LogP contribution is -2.15. The van der Waals surface area contributed by atoms with Gasteiger partial charge in [0.2, 0.25) is 0 Å². The van der Waals surface area contributed by atoms with E-state index in [4.69, 9.17) is 29.6 Å². The maximum Gasteiger partial charge on any atom is 0.125 e. The molecule has 2 nitrogen and oxygen atoms in total. The maximum absolute atomic E-state index is 13.4. The third kappa shape index (κ3) is 2.25. The summed E-state index contributed by atoms with van der Waals surface area (Å²) in [4.78, 5) is 2.33. The first-order valence-corrected chi connectivity index (χ1v) is 7.00. The van der Waals surface area contributed by atoms with Crippen molar-refractivity contribution in [3.05, 3.63) is 58.4 Å². The average molecular weight is 307 g/mol. The second-order valence-electron chi connectivity index (χ2n) is 4.71. The van der Waals surface area contributed by atoms with Crippen molar-refractivity contribution in [3.8, 4) is 0 Å². The molecule has 0 saturated heterocycles. The van der Waals surface area contributed by atoms with E-state index in [0.29, 0.717) is 10.0 Å². The summed E-state index contributed by atoms with van der Waals surface area (Å²) in [6, 6.07) is 10.3. The Kier molecular flexibility index (Phi) is 3.36. The highest BCUT2D eigenvalue weighted by Gasteiger charge is 2.22. The molecule has 0 saturated carbocycles. The third-order valence-corrected chi connectivity index (χ3v) is 4.00. The number of hydrogen-bond acceptors (Lipinski definition) is 2. The van der Waals surface area contributed by atoms with Gasteiger partial charge in [0.1, 0.15) is 10.8 Å². The minimum atomic E-state index is -0.244. The molecule has 1 heterocycles. The first kappa shape index (κ1) is 13.3. The molecule has 0 aliphatic carbocycles. The first-order valence-electron chi connectivity index (χ1n) is 6.21. The molecule has 0 fully saturated rings. The number of anilines is 2. The Morgan fingerprint density at radius 2 is 2.00 bits per heavy atom. The van der Waals surface area contributed by atoms with Gasteiger partial charge in [-0.05, 0) is 42.3 Å². The van der Waals surface area contributed by atoms with E-state index in [1.807, 2.05) is 23.1 Å². The molecule has 0 aromatic heterocycles. The molecule has 2 aromatic carbocycles. The Balaban J connectivity index is 2.04. The Hall–Kier alpha value is -1.65. The minimum Gasteiger partial charge on any atom is -0.389 e. The van der Waals surface area contributed by atoms with Crippen LogP contribution in [0.25, 0.3) is 0 Å². The number of benzene rings is 2. The van der Waals surface area contributed by atoms with Crippen LogP contribution < -0.4 is 10.6 Å². The first-order chi connectivity index (χ1) is 9.56. The highest BCUT2D eigenvalue weighted by atomic mass is 35.5. The quantitative estimate of drug-likeness (QED) is 0.856. The predicted molar refractivity (Wildman–Crippen MR) is 84.4 cm³/mol. The van der Waals surface area contributed by atoms with Crippen LogP contribution in [-0.4, -0.2) is 11.5 Å². The lowest BCUT2D eigenvalue weighted by atomic mass is 10.1. The number of rotatable bonds is 2. The Labute approximate surface area is 127 Å². The molecular formula is C15H12ClFN2S. The summed E-state index contributed by atoms with van der Waals surface area (Å²) in [5.41, 5.74) is 9.16. The van der Waals surface area contributed by atoms with Crippen LogP contribution in [-0.2, 0) is 6.42 Å². The van der Waals surface area contributed by atoms with Gasteiger partial charge < -0.3 is 10.6 Å². The molecule has 1 aliphatic heterocycles. The molecule has 0 amide bonds. The highest BCUT2D eigenvalue weighted by molar-refractivity contribution is 7.80. The lowest BCUT2D eigenvalue weighted by molar-refractivity contribution is 0.628. The van der Waals surface area contributed by atoms with Crippen molar-refractivity contribution in [2.45, 2.75) is 6.42 Å². The van der Waals surface area contributed by atoms with Gasteiger partial charge in [-0.1, -0.05) is 29.9 Å². The molecular weight excluding hydrogens is 295 g/mol. The molecule has 0 spiro atoms. The fourth-order valence-corrected chi connectivity index (χ4v) is 2.89. The maximum atomic E-state index is 13.4. The normalized spacial score (nSPS) is 13.4. The van der Waals surface area contributed by atoms with Crippen LogP contribution in [0.2, 0.25) is 5.02 Å². The van der Waals surface area contributed by atoms with E-state index in [0.717, 1.165) is 35.5 Å². The average Bonchev–Trinajstić information content (AvgIpc) is 2.81. The molecule has 102 valence electrons. The molecule has 1 aliphatic rings. The van der Waals surface area contributed by atoms with Crippen molar-refractivity contribution in [3.63, 3.8) is 0 Å². The van der Waals surface area contributed by atoms with E-state index in [1.54, 1.807) is 12.1 Å². The molecule has 0 radical (unpaired) electrons. The monoisotopic (exact) mass is 306 g/mol. The van der Waals surface area contributed by atoms with Gasteiger partial charge in [0.25, 0.3) is 0 Å².